The van der Waals surface area contributed by atoms with Crippen molar-refractivity contribution in [3.63, 3.8) is 0 Å². The number of ether oxygens (including phenoxy) is 1. The maximum Gasteiger partial charge on any atom is 0.415 e. The molecule has 1 saturated carbocycles. The number of nitrogens with one attached hydrogen (secondary N) is 1. The Morgan fingerprint density at radius 1 is 1.06 bits per heavy atom. The van der Waals surface area contributed by atoms with E-state index in [0.717, 1.165) is 12.8 Å². The second-order valence-electron chi connectivity index (χ2n) is 8.56. The zero-order valence-electron chi connectivity index (χ0n) is 17.9. The predicted molar refractivity (Wildman–Crippen MR) is 119 cm³/mol. The number of anilines is 2. The van der Waals surface area contributed by atoms with E-state index in [1.165, 1.54) is 23.2 Å². The fourth-order valence-electron chi connectivity index (χ4n) is 4.54. The minimum atomic E-state index is -0.675. The summed E-state index contributed by atoms with van der Waals surface area (Å²) in [5, 5.41) is 11.6. The molecule has 1 N–H and O–H groups in total. The molecule has 3 aromatic rings. The fraction of sp³-hybridized carbons (Fsp3) is 0.333. The minimum Gasteiger partial charge on any atom is -0.441 e. The summed E-state index contributed by atoms with van der Waals surface area (Å²) in [5.74, 6) is 0.0000490. The number of pyridine rings is 1. The van der Waals surface area contributed by atoms with Gasteiger partial charge >= 0.3 is 6.09 Å². The second-order valence-corrected chi connectivity index (χ2v) is 8.56. The van der Waals surface area contributed by atoms with E-state index in [-0.39, 0.29) is 11.5 Å². The lowest BCUT2D eigenvalue weighted by atomic mass is 9.78. The molecule has 2 fully saturated rings. The molecule has 170 valence electrons. The summed E-state index contributed by atoms with van der Waals surface area (Å²) in [4.78, 5) is 17.4. The average molecular weight is 451 g/mol. The van der Waals surface area contributed by atoms with E-state index in [4.69, 9.17) is 4.74 Å². The van der Waals surface area contributed by atoms with Gasteiger partial charge in [-0.05, 0) is 68.0 Å². The third-order valence-corrected chi connectivity index (χ3v) is 6.40. The van der Waals surface area contributed by atoms with Gasteiger partial charge in [-0.2, -0.15) is 4.39 Å². The molecule has 1 saturated heterocycles. The van der Waals surface area contributed by atoms with E-state index in [2.05, 4.69) is 20.5 Å². The summed E-state index contributed by atoms with van der Waals surface area (Å²) < 4.78 is 33.7. The van der Waals surface area contributed by atoms with Gasteiger partial charge in [0.05, 0.1) is 12.2 Å². The molecule has 1 amide bonds. The molecule has 3 heterocycles. The molecule has 0 atom stereocenters. The molecule has 0 radical (unpaired) electrons. The zero-order valence-corrected chi connectivity index (χ0v) is 17.9. The number of aromatic nitrogens is 3. The topological polar surface area (TPSA) is 80.2 Å². The van der Waals surface area contributed by atoms with E-state index in [9.17, 15) is 13.6 Å². The van der Waals surface area contributed by atoms with Crippen molar-refractivity contribution in [2.45, 2.75) is 31.3 Å². The first-order valence-corrected chi connectivity index (χ1v) is 11.0. The standard InChI is InChI=1S/C24H23F2N5O2/c25-18-5-2-1-4-17(18)19-7-8-21(30-29-19)28-14-16-9-11-24(12-10-16)15-31(23(32)33-24)20-6-3-13-27-22(20)26/h1-8,13,16H,9-12,14-15H2,(H,28,30). The highest BCUT2D eigenvalue weighted by Crippen LogP contribution is 2.41. The van der Waals surface area contributed by atoms with E-state index in [0.29, 0.717) is 48.9 Å². The molecule has 1 aromatic carbocycles. The van der Waals surface area contributed by atoms with Gasteiger partial charge in [0.25, 0.3) is 0 Å². The van der Waals surface area contributed by atoms with Crippen molar-refractivity contribution < 1.29 is 18.3 Å². The van der Waals surface area contributed by atoms with Gasteiger partial charge in [0.1, 0.15) is 22.9 Å². The van der Waals surface area contributed by atoms with Crippen LogP contribution in [-0.4, -0.2) is 40.0 Å². The van der Waals surface area contributed by atoms with Crippen molar-refractivity contribution in [2.24, 2.45) is 5.92 Å². The monoisotopic (exact) mass is 451 g/mol. The van der Waals surface area contributed by atoms with Crippen LogP contribution in [0.5, 0.6) is 0 Å². The van der Waals surface area contributed by atoms with Crippen molar-refractivity contribution in [3.8, 4) is 11.3 Å². The smallest absolute Gasteiger partial charge is 0.415 e. The van der Waals surface area contributed by atoms with Crippen LogP contribution in [0.1, 0.15) is 25.7 Å². The van der Waals surface area contributed by atoms with Crippen molar-refractivity contribution in [1.29, 1.82) is 0 Å². The van der Waals surface area contributed by atoms with Crippen LogP contribution in [0.4, 0.5) is 25.1 Å². The van der Waals surface area contributed by atoms with E-state index in [1.54, 1.807) is 36.4 Å². The fourth-order valence-corrected chi connectivity index (χ4v) is 4.54. The molecule has 0 unspecified atom stereocenters. The summed E-state index contributed by atoms with van der Waals surface area (Å²) in [7, 11) is 0. The SMILES string of the molecule is O=C1OC2(CCC(CNc3ccc(-c4ccccc4F)nn3)CC2)CN1c1cccnc1F. The second kappa shape index (κ2) is 8.73. The van der Waals surface area contributed by atoms with Gasteiger partial charge in [-0.25, -0.2) is 14.2 Å². The number of amides is 1. The van der Waals surface area contributed by atoms with Gasteiger partial charge in [0, 0.05) is 18.3 Å². The molecule has 1 aliphatic carbocycles. The van der Waals surface area contributed by atoms with Gasteiger partial charge in [0.15, 0.2) is 0 Å². The Kier molecular flexibility index (Phi) is 5.62. The third-order valence-electron chi connectivity index (χ3n) is 6.40. The highest BCUT2D eigenvalue weighted by Gasteiger charge is 2.48. The van der Waals surface area contributed by atoms with Crippen molar-refractivity contribution in [3.05, 3.63) is 66.5 Å². The Bertz CT molecular complexity index is 1150. The maximum absolute atomic E-state index is 14.0. The molecule has 5 rings (SSSR count). The largest absolute Gasteiger partial charge is 0.441 e. The first-order valence-electron chi connectivity index (χ1n) is 11.0. The lowest BCUT2D eigenvalue weighted by Gasteiger charge is -2.35. The molecule has 9 heteroatoms. The highest BCUT2D eigenvalue weighted by atomic mass is 19.1. The third kappa shape index (κ3) is 4.35. The Labute approximate surface area is 189 Å². The Morgan fingerprint density at radius 2 is 1.88 bits per heavy atom. The quantitative estimate of drug-likeness (QED) is 0.561. The normalized spacial score (nSPS) is 22.4. The minimum absolute atomic E-state index is 0.153. The average Bonchev–Trinajstić information content (AvgIpc) is 3.15. The molecular formula is C24H23F2N5O2. The highest BCUT2D eigenvalue weighted by molar-refractivity contribution is 5.90. The van der Waals surface area contributed by atoms with E-state index >= 15 is 0 Å². The number of carbonyl (C=O) groups is 1. The van der Waals surface area contributed by atoms with Gasteiger partial charge in [-0.15, -0.1) is 10.2 Å². The number of rotatable bonds is 5. The summed E-state index contributed by atoms with van der Waals surface area (Å²) in [5.41, 5.74) is 0.466. The number of carbonyl (C=O) groups excluding carboxylic acids is 1. The zero-order chi connectivity index (χ0) is 22.8. The first-order chi connectivity index (χ1) is 16.0. The van der Waals surface area contributed by atoms with Crippen LogP contribution in [0.25, 0.3) is 11.3 Å². The van der Waals surface area contributed by atoms with E-state index in [1.807, 2.05) is 0 Å². The van der Waals surface area contributed by atoms with Gasteiger partial charge < -0.3 is 10.1 Å². The Hall–Kier alpha value is -3.62. The summed E-state index contributed by atoms with van der Waals surface area (Å²) in [6, 6.07) is 13.1. The van der Waals surface area contributed by atoms with Crippen LogP contribution in [0, 0.1) is 17.7 Å². The Morgan fingerprint density at radius 3 is 2.61 bits per heavy atom. The molecule has 0 bridgehead atoms. The van der Waals surface area contributed by atoms with Gasteiger partial charge in [-0.1, -0.05) is 12.1 Å². The summed E-state index contributed by atoms with van der Waals surface area (Å²) in [6.45, 7) is 1.04. The number of halogens is 2. The molecule has 1 aliphatic heterocycles. The summed E-state index contributed by atoms with van der Waals surface area (Å²) in [6.07, 6.45) is 3.98. The van der Waals surface area contributed by atoms with Crippen molar-refractivity contribution in [1.82, 2.24) is 15.2 Å². The lowest BCUT2D eigenvalue weighted by Crippen LogP contribution is -2.39. The van der Waals surface area contributed by atoms with Crippen LogP contribution in [0.15, 0.2) is 54.7 Å². The first kappa shape index (κ1) is 21.2. The van der Waals surface area contributed by atoms with Crippen LogP contribution < -0.4 is 10.2 Å². The molecule has 1 spiro atoms. The van der Waals surface area contributed by atoms with Crippen LogP contribution in [0.2, 0.25) is 0 Å². The van der Waals surface area contributed by atoms with Crippen LogP contribution >= 0.6 is 0 Å². The molecular weight excluding hydrogens is 428 g/mol. The molecule has 7 nitrogen and oxygen atoms in total. The van der Waals surface area contributed by atoms with E-state index < -0.39 is 17.6 Å². The molecule has 2 aromatic heterocycles. The number of benzene rings is 1. The van der Waals surface area contributed by atoms with Crippen LogP contribution in [0.3, 0.4) is 0 Å². The number of hydrogen-bond acceptors (Lipinski definition) is 6. The number of nitrogens with zero attached hydrogens (tertiary/aromatic N) is 4. The van der Waals surface area contributed by atoms with Crippen molar-refractivity contribution in [2.75, 3.05) is 23.3 Å². The Balaban J connectivity index is 1.15. The maximum atomic E-state index is 14.0. The lowest BCUT2D eigenvalue weighted by molar-refractivity contribution is 0.0148. The van der Waals surface area contributed by atoms with Crippen molar-refractivity contribution >= 4 is 17.6 Å². The number of hydrogen-bond donors (Lipinski definition) is 1. The molecule has 2 aliphatic rings. The van der Waals surface area contributed by atoms with Crippen LogP contribution in [-0.2, 0) is 4.74 Å². The molecule has 33 heavy (non-hydrogen) atoms. The summed E-state index contributed by atoms with van der Waals surface area (Å²) >= 11 is 0. The van der Waals surface area contributed by atoms with Gasteiger partial charge in [0.2, 0.25) is 5.95 Å². The van der Waals surface area contributed by atoms with Gasteiger partial charge in [-0.3, -0.25) is 4.90 Å². The predicted octanol–water partition coefficient (Wildman–Crippen LogP) is 4.81.